The lowest BCUT2D eigenvalue weighted by Gasteiger charge is -2.41. The van der Waals surface area contributed by atoms with Crippen LogP contribution in [-0.2, 0) is 0 Å². The molecular formula is C15H28N2. The van der Waals surface area contributed by atoms with Gasteiger partial charge in [-0.25, -0.2) is 0 Å². The van der Waals surface area contributed by atoms with Crippen molar-refractivity contribution in [2.24, 2.45) is 23.7 Å². The molecule has 0 spiro atoms. The highest BCUT2D eigenvalue weighted by Crippen LogP contribution is 2.48. The van der Waals surface area contributed by atoms with E-state index in [1.54, 1.807) is 12.8 Å². The molecule has 0 aromatic carbocycles. The zero-order valence-electron chi connectivity index (χ0n) is 11.5. The van der Waals surface area contributed by atoms with Crippen molar-refractivity contribution in [2.75, 3.05) is 26.2 Å². The SMILES string of the molecule is CC(C)C1CNCCN1CC1CC2CCC1C2. The molecule has 3 rings (SSSR count). The highest BCUT2D eigenvalue weighted by atomic mass is 15.2. The molecule has 0 amide bonds. The molecule has 17 heavy (non-hydrogen) atoms. The Hall–Kier alpha value is -0.0800. The molecule has 2 aliphatic carbocycles. The zero-order valence-corrected chi connectivity index (χ0v) is 11.5. The van der Waals surface area contributed by atoms with Crippen molar-refractivity contribution in [1.82, 2.24) is 10.2 Å². The zero-order chi connectivity index (χ0) is 11.8. The molecule has 0 aromatic rings. The van der Waals surface area contributed by atoms with Crippen molar-refractivity contribution in [3.05, 3.63) is 0 Å². The highest BCUT2D eigenvalue weighted by molar-refractivity contribution is 4.93. The van der Waals surface area contributed by atoms with Crippen LogP contribution < -0.4 is 5.32 Å². The number of nitrogens with zero attached hydrogens (tertiary/aromatic N) is 1. The molecule has 98 valence electrons. The second-order valence-corrected chi connectivity index (χ2v) is 6.95. The second kappa shape index (κ2) is 4.89. The van der Waals surface area contributed by atoms with Gasteiger partial charge in [0.15, 0.2) is 0 Å². The van der Waals surface area contributed by atoms with Gasteiger partial charge in [-0.05, 0) is 42.9 Å². The average molecular weight is 236 g/mol. The quantitative estimate of drug-likeness (QED) is 0.809. The van der Waals surface area contributed by atoms with Crippen LogP contribution in [0.2, 0.25) is 0 Å². The van der Waals surface area contributed by atoms with Crippen LogP contribution in [0.1, 0.15) is 39.5 Å². The highest BCUT2D eigenvalue weighted by Gasteiger charge is 2.41. The third-order valence-corrected chi connectivity index (χ3v) is 5.52. The molecule has 4 unspecified atom stereocenters. The fourth-order valence-electron chi connectivity index (χ4n) is 4.55. The predicted molar refractivity (Wildman–Crippen MR) is 72.0 cm³/mol. The van der Waals surface area contributed by atoms with Crippen LogP contribution in [0.25, 0.3) is 0 Å². The molecule has 0 aromatic heterocycles. The monoisotopic (exact) mass is 236 g/mol. The van der Waals surface area contributed by atoms with Crippen LogP contribution in [0.4, 0.5) is 0 Å². The summed E-state index contributed by atoms with van der Waals surface area (Å²) < 4.78 is 0. The molecular weight excluding hydrogens is 208 g/mol. The van der Waals surface area contributed by atoms with Gasteiger partial charge in [-0.1, -0.05) is 20.3 Å². The van der Waals surface area contributed by atoms with E-state index in [0.717, 1.165) is 29.7 Å². The molecule has 0 radical (unpaired) electrons. The topological polar surface area (TPSA) is 15.3 Å². The Kier molecular flexibility index (Phi) is 3.45. The lowest BCUT2D eigenvalue weighted by Crippen LogP contribution is -2.55. The number of hydrogen-bond acceptors (Lipinski definition) is 2. The Balaban J connectivity index is 1.59. The average Bonchev–Trinajstić information content (AvgIpc) is 2.91. The molecule has 2 bridgehead atoms. The number of hydrogen-bond donors (Lipinski definition) is 1. The van der Waals surface area contributed by atoms with Crippen LogP contribution >= 0.6 is 0 Å². The van der Waals surface area contributed by atoms with Gasteiger partial charge in [0.05, 0.1) is 0 Å². The van der Waals surface area contributed by atoms with Gasteiger partial charge in [0.25, 0.3) is 0 Å². The van der Waals surface area contributed by atoms with Gasteiger partial charge >= 0.3 is 0 Å². The van der Waals surface area contributed by atoms with Gasteiger partial charge in [-0.2, -0.15) is 0 Å². The molecule has 1 N–H and O–H groups in total. The van der Waals surface area contributed by atoms with E-state index in [2.05, 4.69) is 24.1 Å². The normalized spacial score (nSPS) is 42.5. The molecule has 2 heteroatoms. The van der Waals surface area contributed by atoms with Crippen LogP contribution in [0, 0.1) is 23.7 Å². The van der Waals surface area contributed by atoms with Gasteiger partial charge in [-0.15, -0.1) is 0 Å². The Bertz CT molecular complexity index is 264. The maximum absolute atomic E-state index is 3.56. The Morgan fingerprint density at radius 3 is 2.76 bits per heavy atom. The Morgan fingerprint density at radius 1 is 1.24 bits per heavy atom. The number of nitrogens with one attached hydrogen (secondary N) is 1. The van der Waals surface area contributed by atoms with Crippen LogP contribution in [-0.4, -0.2) is 37.1 Å². The molecule has 1 saturated heterocycles. The van der Waals surface area contributed by atoms with Crippen molar-refractivity contribution >= 4 is 0 Å². The summed E-state index contributed by atoms with van der Waals surface area (Å²) in [4.78, 5) is 2.80. The van der Waals surface area contributed by atoms with Crippen molar-refractivity contribution < 1.29 is 0 Å². The van der Waals surface area contributed by atoms with Crippen molar-refractivity contribution in [1.29, 1.82) is 0 Å². The van der Waals surface area contributed by atoms with Crippen LogP contribution in [0.3, 0.4) is 0 Å². The second-order valence-electron chi connectivity index (χ2n) is 6.95. The summed E-state index contributed by atoms with van der Waals surface area (Å²) in [6.45, 7) is 9.84. The molecule has 3 fully saturated rings. The summed E-state index contributed by atoms with van der Waals surface area (Å²) in [6, 6.07) is 0.780. The minimum Gasteiger partial charge on any atom is -0.314 e. The Morgan fingerprint density at radius 2 is 2.12 bits per heavy atom. The third-order valence-electron chi connectivity index (χ3n) is 5.52. The first-order valence-electron chi connectivity index (χ1n) is 7.69. The first kappa shape index (κ1) is 12.0. The summed E-state index contributed by atoms with van der Waals surface area (Å²) in [7, 11) is 0. The minimum absolute atomic E-state index is 0.780. The van der Waals surface area contributed by atoms with E-state index in [1.807, 2.05) is 0 Å². The minimum atomic E-state index is 0.780. The summed E-state index contributed by atoms with van der Waals surface area (Å²) in [5.74, 6) is 4.02. The van der Waals surface area contributed by atoms with E-state index in [4.69, 9.17) is 0 Å². The summed E-state index contributed by atoms with van der Waals surface area (Å²) in [6.07, 6.45) is 6.17. The number of fused-ring (bicyclic) bond motifs is 2. The lowest BCUT2D eigenvalue weighted by atomic mass is 9.87. The largest absolute Gasteiger partial charge is 0.314 e. The fraction of sp³-hybridized carbons (Fsp3) is 1.00. The predicted octanol–water partition coefficient (Wildman–Crippen LogP) is 2.35. The molecule has 3 aliphatic rings. The summed E-state index contributed by atoms with van der Waals surface area (Å²) >= 11 is 0. The molecule has 1 heterocycles. The van der Waals surface area contributed by atoms with Crippen molar-refractivity contribution in [2.45, 2.75) is 45.6 Å². The maximum Gasteiger partial charge on any atom is 0.0244 e. The van der Waals surface area contributed by atoms with Crippen molar-refractivity contribution in [3.8, 4) is 0 Å². The van der Waals surface area contributed by atoms with Gasteiger partial charge in [0.1, 0.15) is 0 Å². The standard InChI is InChI=1S/C15H28N2/c1-11(2)15-9-16-5-6-17(15)10-14-8-12-3-4-13(14)7-12/h11-16H,3-10H2,1-2H3. The number of piperazine rings is 1. The van der Waals surface area contributed by atoms with Gasteiger partial charge in [0, 0.05) is 32.2 Å². The third kappa shape index (κ3) is 2.39. The van der Waals surface area contributed by atoms with E-state index in [1.165, 1.54) is 39.0 Å². The first-order valence-corrected chi connectivity index (χ1v) is 7.69. The fourth-order valence-corrected chi connectivity index (χ4v) is 4.55. The first-order chi connectivity index (χ1) is 8.24. The molecule has 2 saturated carbocycles. The van der Waals surface area contributed by atoms with E-state index >= 15 is 0 Å². The van der Waals surface area contributed by atoms with E-state index in [9.17, 15) is 0 Å². The van der Waals surface area contributed by atoms with E-state index in [0.29, 0.717) is 0 Å². The smallest absolute Gasteiger partial charge is 0.0244 e. The summed E-state index contributed by atoms with van der Waals surface area (Å²) in [5, 5.41) is 3.56. The molecule has 4 atom stereocenters. The number of rotatable bonds is 3. The molecule has 2 nitrogen and oxygen atoms in total. The van der Waals surface area contributed by atoms with Crippen molar-refractivity contribution in [3.63, 3.8) is 0 Å². The van der Waals surface area contributed by atoms with E-state index < -0.39 is 0 Å². The Labute approximate surface area is 106 Å². The van der Waals surface area contributed by atoms with Gasteiger partial charge in [0.2, 0.25) is 0 Å². The van der Waals surface area contributed by atoms with E-state index in [-0.39, 0.29) is 0 Å². The molecule has 1 aliphatic heterocycles. The van der Waals surface area contributed by atoms with Crippen LogP contribution in [0.5, 0.6) is 0 Å². The lowest BCUT2D eigenvalue weighted by molar-refractivity contribution is 0.0907. The van der Waals surface area contributed by atoms with Gasteiger partial charge < -0.3 is 5.32 Å². The van der Waals surface area contributed by atoms with Crippen LogP contribution in [0.15, 0.2) is 0 Å². The van der Waals surface area contributed by atoms with Gasteiger partial charge in [-0.3, -0.25) is 4.90 Å². The summed E-state index contributed by atoms with van der Waals surface area (Å²) in [5.41, 5.74) is 0. The maximum atomic E-state index is 3.56.